The fourth-order valence-corrected chi connectivity index (χ4v) is 1.78. The normalized spacial score (nSPS) is 10.1. The molecule has 0 atom stereocenters. The topological polar surface area (TPSA) is 77.3 Å². The Kier molecular flexibility index (Phi) is 4.14. The summed E-state index contributed by atoms with van der Waals surface area (Å²) < 4.78 is 5.68. The van der Waals surface area contributed by atoms with Gasteiger partial charge in [-0.25, -0.2) is 4.98 Å². The molecule has 0 amide bonds. The largest absolute Gasteiger partial charge is 0.457 e. The van der Waals surface area contributed by atoms with Gasteiger partial charge >= 0.3 is 0 Å². The van der Waals surface area contributed by atoms with Crippen molar-refractivity contribution in [3.63, 3.8) is 0 Å². The average molecular weight is 273 g/mol. The number of aromatic nitrogens is 1. The first-order valence-electron chi connectivity index (χ1n) is 6.23. The molecular weight excluding hydrogens is 258 g/mol. The number of nitro benzene ring substituents is 1. The summed E-state index contributed by atoms with van der Waals surface area (Å²) in [5.41, 5.74) is 0.647. The second kappa shape index (κ2) is 6.01. The lowest BCUT2D eigenvalue weighted by Gasteiger charge is -2.08. The van der Waals surface area contributed by atoms with Crippen LogP contribution in [0.1, 0.15) is 12.5 Å². The molecule has 0 saturated carbocycles. The standard InChI is InChI=1S/C14H15N3O3/c1-3-15-14-9-12(6-7-16-14)20-11-4-5-13(17(18)19)10(2)8-11/h4-9H,3H2,1-2H3,(H,15,16). The van der Waals surface area contributed by atoms with Gasteiger partial charge in [-0.05, 0) is 32.0 Å². The van der Waals surface area contributed by atoms with Gasteiger partial charge in [0.25, 0.3) is 5.69 Å². The Hall–Kier alpha value is -2.63. The molecule has 1 aromatic heterocycles. The maximum Gasteiger partial charge on any atom is 0.272 e. The average Bonchev–Trinajstić information content (AvgIpc) is 2.39. The highest BCUT2D eigenvalue weighted by Crippen LogP contribution is 2.27. The number of hydrogen-bond donors (Lipinski definition) is 1. The van der Waals surface area contributed by atoms with E-state index in [0.29, 0.717) is 17.1 Å². The van der Waals surface area contributed by atoms with Crippen LogP contribution in [0.5, 0.6) is 11.5 Å². The minimum absolute atomic E-state index is 0.0837. The number of anilines is 1. The number of aryl methyl sites for hydroxylation is 1. The second-order valence-electron chi connectivity index (χ2n) is 4.21. The van der Waals surface area contributed by atoms with Crippen molar-refractivity contribution in [1.29, 1.82) is 0 Å². The van der Waals surface area contributed by atoms with Crippen molar-refractivity contribution in [3.05, 3.63) is 52.2 Å². The van der Waals surface area contributed by atoms with Gasteiger partial charge in [0.2, 0.25) is 0 Å². The molecule has 0 fully saturated rings. The molecule has 1 N–H and O–H groups in total. The molecule has 2 rings (SSSR count). The molecule has 20 heavy (non-hydrogen) atoms. The van der Waals surface area contributed by atoms with Crippen LogP contribution in [-0.4, -0.2) is 16.5 Å². The molecule has 0 bridgehead atoms. The highest BCUT2D eigenvalue weighted by molar-refractivity contribution is 5.47. The second-order valence-corrected chi connectivity index (χ2v) is 4.21. The van der Waals surface area contributed by atoms with Crippen LogP contribution in [0.3, 0.4) is 0 Å². The summed E-state index contributed by atoms with van der Waals surface area (Å²) in [7, 11) is 0. The molecule has 104 valence electrons. The van der Waals surface area contributed by atoms with Crippen LogP contribution < -0.4 is 10.1 Å². The smallest absolute Gasteiger partial charge is 0.272 e. The molecule has 1 aromatic carbocycles. The van der Waals surface area contributed by atoms with Gasteiger partial charge in [0, 0.05) is 30.4 Å². The third-order valence-corrected chi connectivity index (χ3v) is 2.69. The Morgan fingerprint density at radius 3 is 2.70 bits per heavy atom. The highest BCUT2D eigenvalue weighted by Gasteiger charge is 2.11. The quantitative estimate of drug-likeness (QED) is 0.666. The van der Waals surface area contributed by atoms with Gasteiger partial charge in [-0.3, -0.25) is 10.1 Å². The summed E-state index contributed by atoms with van der Waals surface area (Å²) >= 11 is 0. The van der Waals surface area contributed by atoms with E-state index in [2.05, 4.69) is 10.3 Å². The zero-order chi connectivity index (χ0) is 14.5. The van der Waals surface area contributed by atoms with Gasteiger partial charge in [0.05, 0.1) is 4.92 Å². The summed E-state index contributed by atoms with van der Waals surface area (Å²) in [6.45, 7) is 4.43. The first-order valence-corrected chi connectivity index (χ1v) is 6.23. The maximum atomic E-state index is 10.8. The molecule has 0 aliphatic carbocycles. The van der Waals surface area contributed by atoms with Gasteiger partial charge in [-0.2, -0.15) is 0 Å². The van der Waals surface area contributed by atoms with E-state index in [4.69, 9.17) is 4.74 Å². The number of benzene rings is 1. The van der Waals surface area contributed by atoms with Crippen molar-refractivity contribution < 1.29 is 9.66 Å². The highest BCUT2D eigenvalue weighted by atomic mass is 16.6. The van der Waals surface area contributed by atoms with E-state index in [1.807, 2.05) is 6.92 Å². The van der Waals surface area contributed by atoms with Crippen LogP contribution in [0.2, 0.25) is 0 Å². The van der Waals surface area contributed by atoms with Crippen LogP contribution in [0, 0.1) is 17.0 Å². The summed E-state index contributed by atoms with van der Waals surface area (Å²) in [5, 5.41) is 13.8. The fraction of sp³-hybridized carbons (Fsp3) is 0.214. The van der Waals surface area contributed by atoms with Crippen LogP contribution in [0.15, 0.2) is 36.5 Å². The van der Waals surface area contributed by atoms with E-state index in [1.165, 1.54) is 6.07 Å². The van der Waals surface area contributed by atoms with Crippen LogP contribution >= 0.6 is 0 Å². The summed E-state index contributed by atoms with van der Waals surface area (Å²) in [4.78, 5) is 14.5. The molecule has 0 aliphatic rings. The number of nitrogens with zero attached hydrogens (tertiary/aromatic N) is 2. The van der Waals surface area contributed by atoms with E-state index in [-0.39, 0.29) is 5.69 Å². The Bertz CT molecular complexity index is 629. The monoisotopic (exact) mass is 273 g/mol. The van der Waals surface area contributed by atoms with Crippen molar-refractivity contribution in [2.45, 2.75) is 13.8 Å². The molecule has 0 radical (unpaired) electrons. The third kappa shape index (κ3) is 3.23. The van der Waals surface area contributed by atoms with Crippen LogP contribution in [0.25, 0.3) is 0 Å². The van der Waals surface area contributed by atoms with Gasteiger partial charge in [-0.1, -0.05) is 0 Å². The number of ether oxygens (including phenoxy) is 1. The first kappa shape index (κ1) is 13.8. The minimum Gasteiger partial charge on any atom is -0.457 e. The predicted molar refractivity (Wildman–Crippen MR) is 76.3 cm³/mol. The fourth-order valence-electron chi connectivity index (χ4n) is 1.78. The van der Waals surface area contributed by atoms with E-state index in [1.54, 1.807) is 37.4 Å². The van der Waals surface area contributed by atoms with Gasteiger partial charge in [0.15, 0.2) is 0 Å². The van der Waals surface area contributed by atoms with E-state index in [9.17, 15) is 10.1 Å². The number of nitro groups is 1. The maximum absolute atomic E-state index is 10.8. The van der Waals surface area contributed by atoms with Crippen LogP contribution in [0.4, 0.5) is 11.5 Å². The van der Waals surface area contributed by atoms with Crippen molar-refractivity contribution in [2.24, 2.45) is 0 Å². The van der Waals surface area contributed by atoms with Crippen molar-refractivity contribution in [3.8, 4) is 11.5 Å². The Labute approximate surface area is 116 Å². The summed E-state index contributed by atoms with van der Waals surface area (Å²) in [6, 6.07) is 8.18. The zero-order valence-electron chi connectivity index (χ0n) is 11.3. The van der Waals surface area contributed by atoms with Crippen LogP contribution in [-0.2, 0) is 0 Å². The van der Waals surface area contributed by atoms with Crippen molar-refractivity contribution in [2.75, 3.05) is 11.9 Å². The number of nitrogens with one attached hydrogen (secondary N) is 1. The molecule has 0 aliphatic heterocycles. The Morgan fingerprint density at radius 2 is 2.05 bits per heavy atom. The Balaban J connectivity index is 2.19. The molecule has 1 heterocycles. The lowest BCUT2D eigenvalue weighted by atomic mass is 10.2. The van der Waals surface area contributed by atoms with Gasteiger partial charge in [0.1, 0.15) is 17.3 Å². The molecule has 0 saturated heterocycles. The van der Waals surface area contributed by atoms with E-state index < -0.39 is 4.92 Å². The number of pyridine rings is 1. The molecule has 6 heteroatoms. The van der Waals surface area contributed by atoms with Gasteiger partial charge in [-0.15, -0.1) is 0 Å². The molecule has 2 aromatic rings. The lowest BCUT2D eigenvalue weighted by Crippen LogP contribution is -1.99. The molecular formula is C14H15N3O3. The third-order valence-electron chi connectivity index (χ3n) is 2.69. The first-order chi connectivity index (χ1) is 9.60. The van der Waals surface area contributed by atoms with E-state index in [0.717, 1.165) is 12.4 Å². The molecule has 6 nitrogen and oxygen atoms in total. The van der Waals surface area contributed by atoms with Crippen molar-refractivity contribution >= 4 is 11.5 Å². The Morgan fingerprint density at radius 1 is 1.30 bits per heavy atom. The minimum atomic E-state index is -0.408. The zero-order valence-corrected chi connectivity index (χ0v) is 11.3. The summed E-state index contributed by atoms with van der Waals surface area (Å²) in [5.74, 6) is 1.91. The summed E-state index contributed by atoms with van der Waals surface area (Å²) in [6.07, 6.45) is 1.64. The molecule has 0 spiro atoms. The van der Waals surface area contributed by atoms with E-state index >= 15 is 0 Å². The lowest BCUT2D eigenvalue weighted by molar-refractivity contribution is -0.385. The number of rotatable bonds is 5. The SMILES string of the molecule is CCNc1cc(Oc2ccc([N+](=O)[O-])c(C)c2)ccn1. The predicted octanol–water partition coefficient (Wildman–Crippen LogP) is 3.52. The van der Waals surface area contributed by atoms with Gasteiger partial charge < -0.3 is 10.1 Å². The molecule has 0 unspecified atom stereocenters. The number of hydrogen-bond acceptors (Lipinski definition) is 5. The van der Waals surface area contributed by atoms with Crippen molar-refractivity contribution in [1.82, 2.24) is 4.98 Å².